The van der Waals surface area contributed by atoms with E-state index in [0.717, 1.165) is 0 Å². The molecule has 1 aliphatic heterocycles. The van der Waals surface area contributed by atoms with E-state index in [9.17, 15) is 14.4 Å². The number of anilines is 2. The molecule has 1 aromatic carbocycles. The summed E-state index contributed by atoms with van der Waals surface area (Å²) in [6.45, 7) is 0.147. The zero-order valence-electron chi connectivity index (χ0n) is 11.1. The van der Waals surface area contributed by atoms with Gasteiger partial charge in [0.05, 0.1) is 12.0 Å². The van der Waals surface area contributed by atoms with Crippen molar-refractivity contribution >= 4 is 29.2 Å². The van der Waals surface area contributed by atoms with E-state index in [1.54, 1.807) is 30.3 Å². The summed E-state index contributed by atoms with van der Waals surface area (Å²) >= 11 is 0. The van der Waals surface area contributed by atoms with Crippen LogP contribution in [0.25, 0.3) is 0 Å². The fourth-order valence-corrected chi connectivity index (χ4v) is 2.12. The Hall–Kier alpha value is -2.88. The number of aliphatic carboxylic acids is 1. The Morgan fingerprint density at radius 1 is 1.38 bits per heavy atom. The maximum atomic E-state index is 11.8. The van der Waals surface area contributed by atoms with Gasteiger partial charge in [-0.25, -0.2) is 0 Å². The lowest BCUT2D eigenvalue weighted by atomic mass is 10.1. The Kier molecular flexibility index (Phi) is 4.18. The smallest absolute Gasteiger partial charge is 0.308 e. The van der Waals surface area contributed by atoms with E-state index in [-0.39, 0.29) is 25.3 Å². The summed E-state index contributed by atoms with van der Waals surface area (Å²) in [7, 11) is 0. The summed E-state index contributed by atoms with van der Waals surface area (Å²) in [4.78, 5) is 35.4. The molecule has 1 fully saturated rings. The molecule has 7 nitrogen and oxygen atoms in total. The molecule has 21 heavy (non-hydrogen) atoms. The highest BCUT2D eigenvalue weighted by Gasteiger charge is 2.34. The molecular formula is C14H13N3O4. The van der Waals surface area contributed by atoms with Gasteiger partial charge in [-0.05, 0) is 24.3 Å². The maximum Gasteiger partial charge on any atom is 0.308 e. The zero-order valence-corrected chi connectivity index (χ0v) is 11.1. The Morgan fingerprint density at radius 2 is 2.05 bits per heavy atom. The van der Waals surface area contributed by atoms with Gasteiger partial charge in [0, 0.05) is 24.3 Å². The van der Waals surface area contributed by atoms with Crippen LogP contribution in [0.3, 0.4) is 0 Å². The van der Waals surface area contributed by atoms with Crippen LogP contribution in [0, 0.1) is 17.2 Å². The van der Waals surface area contributed by atoms with E-state index in [1.165, 1.54) is 4.90 Å². The fourth-order valence-electron chi connectivity index (χ4n) is 2.12. The van der Waals surface area contributed by atoms with E-state index in [2.05, 4.69) is 5.32 Å². The SMILES string of the molecule is N#CCC(=O)Nc1ccc(N2CC(C(=O)O)CC2=O)cc1. The Balaban J connectivity index is 2.06. The molecule has 1 aromatic rings. The van der Waals surface area contributed by atoms with Gasteiger partial charge in [-0.15, -0.1) is 0 Å². The first-order chi connectivity index (χ1) is 10.0. The Bertz CT molecular complexity index is 618. The van der Waals surface area contributed by atoms with Crippen LogP contribution >= 0.6 is 0 Å². The van der Waals surface area contributed by atoms with Gasteiger partial charge in [0.15, 0.2) is 0 Å². The summed E-state index contributed by atoms with van der Waals surface area (Å²) in [5.41, 5.74) is 1.10. The number of carbonyl (C=O) groups excluding carboxylic acids is 2. The zero-order chi connectivity index (χ0) is 15.4. The molecule has 2 amide bonds. The second kappa shape index (κ2) is 6.05. The van der Waals surface area contributed by atoms with Crippen LogP contribution in [0.1, 0.15) is 12.8 Å². The number of amides is 2. The van der Waals surface area contributed by atoms with E-state index < -0.39 is 17.8 Å². The number of hydrogen-bond donors (Lipinski definition) is 2. The summed E-state index contributed by atoms with van der Waals surface area (Å²) < 4.78 is 0. The minimum atomic E-state index is -0.980. The number of carbonyl (C=O) groups is 3. The number of carboxylic acid groups (broad SMARTS) is 1. The largest absolute Gasteiger partial charge is 0.481 e. The lowest BCUT2D eigenvalue weighted by molar-refractivity contribution is -0.141. The van der Waals surface area contributed by atoms with Crippen molar-refractivity contribution in [3.05, 3.63) is 24.3 Å². The number of nitrogens with zero attached hydrogens (tertiary/aromatic N) is 2. The number of hydrogen-bond acceptors (Lipinski definition) is 4. The molecule has 7 heteroatoms. The number of rotatable bonds is 4. The van der Waals surface area contributed by atoms with Crippen LogP contribution in [-0.4, -0.2) is 29.4 Å². The van der Waals surface area contributed by atoms with Gasteiger partial charge in [-0.3, -0.25) is 14.4 Å². The van der Waals surface area contributed by atoms with Gasteiger partial charge in [0.25, 0.3) is 0 Å². The number of nitrogens with one attached hydrogen (secondary N) is 1. The Morgan fingerprint density at radius 3 is 2.57 bits per heavy atom. The van der Waals surface area contributed by atoms with Gasteiger partial charge in [-0.2, -0.15) is 5.26 Å². The predicted octanol–water partition coefficient (Wildman–Crippen LogP) is 0.976. The molecule has 108 valence electrons. The van der Waals surface area contributed by atoms with E-state index in [4.69, 9.17) is 10.4 Å². The van der Waals surface area contributed by atoms with Gasteiger partial charge in [0.2, 0.25) is 11.8 Å². The molecule has 0 saturated carbocycles. The van der Waals surface area contributed by atoms with Gasteiger partial charge < -0.3 is 15.3 Å². The Labute approximate surface area is 120 Å². The monoisotopic (exact) mass is 287 g/mol. The first kappa shape index (κ1) is 14.5. The standard InChI is InChI=1S/C14H13N3O4/c15-6-5-12(18)16-10-1-3-11(4-2-10)17-8-9(14(20)21)7-13(17)19/h1-4,9H,5,7-8H2,(H,16,18)(H,20,21). The molecule has 1 aliphatic rings. The van der Waals surface area contributed by atoms with Crippen LogP contribution in [0.5, 0.6) is 0 Å². The molecule has 0 bridgehead atoms. The van der Waals surface area contributed by atoms with Crippen molar-refractivity contribution in [1.29, 1.82) is 5.26 Å². The molecule has 0 aliphatic carbocycles. The van der Waals surface area contributed by atoms with Crippen LogP contribution < -0.4 is 10.2 Å². The van der Waals surface area contributed by atoms with E-state index >= 15 is 0 Å². The fraction of sp³-hybridized carbons (Fsp3) is 0.286. The van der Waals surface area contributed by atoms with Crippen molar-refractivity contribution in [3.63, 3.8) is 0 Å². The summed E-state index contributed by atoms with van der Waals surface area (Å²) in [5.74, 6) is -2.31. The van der Waals surface area contributed by atoms with Gasteiger partial charge in [-0.1, -0.05) is 0 Å². The van der Waals surface area contributed by atoms with Crippen molar-refractivity contribution in [2.75, 3.05) is 16.8 Å². The molecule has 0 radical (unpaired) electrons. The first-order valence-corrected chi connectivity index (χ1v) is 6.31. The van der Waals surface area contributed by atoms with Crippen molar-refractivity contribution in [2.24, 2.45) is 5.92 Å². The molecular weight excluding hydrogens is 274 g/mol. The molecule has 1 atom stereocenters. The molecule has 2 N–H and O–H groups in total. The second-order valence-electron chi connectivity index (χ2n) is 4.67. The number of benzene rings is 1. The molecule has 1 saturated heterocycles. The van der Waals surface area contributed by atoms with Crippen molar-refractivity contribution in [1.82, 2.24) is 0 Å². The minimum Gasteiger partial charge on any atom is -0.481 e. The second-order valence-corrected chi connectivity index (χ2v) is 4.67. The third-order valence-corrected chi connectivity index (χ3v) is 3.18. The van der Waals surface area contributed by atoms with Crippen molar-refractivity contribution < 1.29 is 19.5 Å². The lowest BCUT2D eigenvalue weighted by Gasteiger charge is -2.16. The van der Waals surface area contributed by atoms with Crippen LogP contribution in [0.2, 0.25) is 0 Å². The van der Waals surface area contributed by atoms with E-state index in [0.29, 0.717) is 11.4 Å². The third-order valence-electron chi connectivity index (χ3n) is 3.18. The molecule has 0 aromatic heterocycles. The average molecular weight is 287 g/mol. The highest BCUT2D eigenvalue weighted by Crippen LogP contribution is 2.26. The summed E-state index contributed by atoms with van der Waals surface area (Å²) in [6.07, 6.45) is -0.233. The minimum absolute atomic E-state index is 0.00398. The third kappa shape index (κ3) is 3.36. The summed E-state index contributed by atoms with van der Waals surface area (Å²) in [5, 5.41) is 19.9. The molecule has 1 unspecified atom stereocenters. The normalized spacial score (nSPS) is 17.4. The molecule has 1 heterocycles. The van der Waals surface area contributed by atoms with Crippen LogP contribution in [0.4, 0.5) is 11.4 Å². The molecule has 0 spiro atoms. The first-order valence-electron chi connectivity index (χ1n) is 6.31. The highest BCUT2D eigenvalue weighted by molar-refractivity contribution is 5.99. The highest BCUT2D eigenvalue weighted by atomic mass is 16.4. The van der Waals surface area contributed by atoms with Crippen LogP contribution in [-0.2, 0) is 14.4 Å². The van der Waals surface area contributed by atoms with Crippen molar-refractivity contribution in [3.8, 4) is 6.07 Å². The number of carboxylic acids is 1. The summed E-state index contributed by atoms with van der Waals surface area (Å²) in [6, 6.07) is 8.21. The van der Waals surface area contributed by atoms with E-state index in [1.807, 2.05) is 0 Å². The van der Waals surface area contributed by atoms with Gasteiger partial charge >= 0.3 is 5.97 Å². The quantitative estimate of drug-likeness (QED) is 0.857. The predicted molar refractivity (Wildman–Crippen MR) is 73.4 cm³/mol. The molecule has 2 rings (SSSR count). The van der Waals surface area contributed by atoms with Crippen LogP contribution in [0.15, 0.2) is 24.3 Å². The van der Waals surface area contributed by atoms with Crippen molar-refractivity contribution in [2.45, 2.75) is 12.8 Å². The topological polar surface area (TPSA) is 110 Å². The average Bonchev–Trinajstić information content (AvgIpc) is 2.82. The van der Waals surface area contributed by atoms with Gasteiger partial charge in [0.1, 0.15) is 6.42 Å². The lowest BCUT2D eigenvalue weighted by Crippen LogP contribution is -2.25. The maximum absolute atomic E-state index is 11.8. The number of nitriles is 1.